The van der Waals surface area contributed by atoms with Crippen molar-refractivity contribution in [2.24, 2.45) is 5.92 Å². The molecule has 1 aliphatic rings. The number of rotatable bonds is 4. The van der Waals surface area contributed by atoms with E-state index in [1.165, 1.54) is 19.4 Å². The predicted molar refractivity (Wildman–Crippen MR) is 89.4 cm³/mol. The van der Waals surface area contributed by atoms with E-state index < -0.39 is 0 Å². The molecule has 1 aromatic heterocycles. The van der Waals surface area contributed by atoms with E-state index in [0.29, 0.717) is 11.8 Å². The zero-order valence-corrected chi connectivity index (χ0v) is 13.9. The lowest BCUT2D eigenvalue weighted by Gasteiger charge is -2.30. The highest BCUT2D eigenvalue weighted by molar-refractivity contribution is 6.31. The van der Waals surface area contributed by atoms with Gasteiger partial charge in [-0.1, -0.05) is 11.6 Å². The number of hydrogen-bond donors (Lipinski definition) is 0. The first-order valence-corrected chi connectivity index (χ1v) is 8.48. The topological polar surface area (TPSA) is 21.1 Å². The number of hydrogen-bond acceptors (Lipinski definition) is 2. The van der Waals surface area contributed by atoms with Crippen LogP contribution < -0.4 is 0 Å². The van der Waals surface area contributed by atoms with Gasteiger partial charge in [-0.3, -0.25) is 0 Å². The van der Waals surface area contributed by atoms with Gasteiger partial charge in [-0.05, 0) is 50.6 Å². The molecule has 114 valence electrons. The maximum atomic E-state index is 6.17. The van der Waals surface area contributed by atoms with Gasteiger partial charge in [-0.2, -0.15) is 0 Å². The molecule has 5 heteroatoms. The second-order valence-electron chi connectivity index (χ2n) is 5.98. The molecular weight excluding hydrogens is 305 g/mol. The lowest BCUT2D eigenvalue weighted by molar-refractivity contribution is 0.194. The molecule has 1 aromatic carbocycles. The standard InChI is InChI=1S/C16H21Cl2N3/c1-20-8-2-3-12(10-20)11-21-15-9-13(18)4-5-14(15)19-16(21)6-7-17/h4-5,9,12H,2-3,6-8,10-11H2,1H3. The molecule has 3 rings (SSSR count). The van der Waals surface area contributed by atoms with Gasteiger partial charge in [0.15, 0.2) is 0 Å². The van der Waals surface area contributed by atoms with Crippen molar-refractivity contribution in [2.45, 2.75) is 25.8 Å². The molecule has 1 saturated heterocycles. The molecule has 1 unspecified atom stereocenters. The van der Waals surface area contributed by atoms with Crippen LogP contribution in [-0.2, 0) is 13.0 Å². The average Bonchev–Trinajstić information content (AvgIpc) is 2.77. The first kappa shape index (κ1) is 15.1. The summed E-state index contributed by atoms with van der Waals surface area (Å²) >= 11 is 12.1. The van der Waals surface area contributed by atoms with Crippen LogP contribution in [0.1, 0.15) is 18.7 Å². The molecule has 1 fully saturated rings. The highest BCUT2D eigenvalue weighted by Crippen LogP contribution is 2.25. The molecule has 0 N–H and O–H groups in total. The Labute approximate surface area is 135 Å². The quantitative estimate of drug-likeness (QED) is 0.797. The van der Waals surface area contributed by atoms with Crippen LogP contribution in [0.4, 0.5) is 0 Å². The third-order valence-corrected chi connectivity index (χ3v) is 4.69. The number of aryl methyl sites for hydroxylation is 1. The van der Waals surface area contributed by atoms with Crippen LogP contribution in [0.3, 0.4) is 0 Å². The molecule has 0 amide bonds. The van der Waals surface area contributed by atoms with Gasteiger partial charge in [0.1, 0.15) is 5.82 Å². The van der Waals surface area contributed by atoms with Crippen LogP contribution in [0.25, 0.3) is 11.0 Å². The summed E-state index contributed by atoms with van der Waals surface area (Å²) < 4.78 is 2.33. The largest absolute Gasteiger partial charge is 0.328 e. The summed E-state index contributed by atoms with van der Waals surface area (Å²) in [4.78, 5) is 7.15. The third kappa shape index (κ3) is 3.36. The van der Waals surface area contributed by atoms with Crippen LogP contribution in [-0.4, -0.2) is 40.5 Å². The second kappa shape index (κ2) is 6.55. The number of halogens is 2. The van der Waals surface area contributed by atoms with Crippen molar-refractivity contribution in [3.05, 3.63) is 29.0 Å². The average molecular weight is 326 g/mol. The van der Waals surface area contributed by atoms with Gasteiger partial charge in [-0.15, -0.1) is 11.6 Å². The van der Waals surface area contributed by atoms with E-state index in [9.17, 15) is 0 Å². The highest BCUT2D eigenvalue weighted by atomic mass is 35.5. The smallest absolute Gasteiger partial charge is 0.111 e. The van der Waals surface area contributed by atoms with Gasteiger partial charge in [0.05, 0.1) is 11.0 Å². The number of benzene rings is 1. The summed E-state index contributed by atoms with van der Waals surface area (Å²) in [6.45, 7) is 3.37. The summed E-state index contributed by atoms with van der Waals surface area (Å²) in [6.07, 6.45) is 3.36. The molecule has 0 bridgehead atoms. The first-order valence-electron chi connectivity index (χ1n) is 7.56. The number of nitrogens with zero attached hydrogens (tertiary/aromatic N) is 3. The van der Waals surface area contributed by atoms with E-state index in [4.69, 9.17) is 28.2 Å². The Bertz CT molecular complexity index is 623. The van der Waals surface area contributed by atoms with Crippen molar-refractivity contribution in [3.63, 3.8) is 0 Å². The van der Waals surface area contributed by atoms with E-state index >= 15 is 0 Å². The summed E-state index contributed by atoms with van der Waals surface area (Å²) in [5.41, 5.74) is 2.15. The van der Waals surface area contributed by atoms with Crippen molar-refractivity contribution in [3.8, 4) is 0 Å². The molecule has 1 aliphatic heterocycles. The van der Waals surface area contributed by atoms with Gasteiger partial charge >= 0.3 is 0 Å². The fourth-order valence-electron chi connectivity index (χ4n) is 3.31. The van der Waals surface area contributed by atoms with E-state index in [0.717, 1.165) is 41.4 Å². The van der Waals surface area contributed by atoms with Crippen molar-refractivity contribution in [1.82, 2.24) is 14.5 Å². The molecule has 1 atom stereocenters. The lowest BCUT2D eigenvalue weighted by Crippen LogP contribution is -2.34. The molecule has 2 aromatic rings. The van der Waals surface area contributed by atoms with Crippen LogP contribution in [0, 0.1) is 5.92 Å². The van der Waals surface area contributed by atoms with Crippen LogP contribution in [0.15, 0.2) is 18.2 Å². The highest BCUT2D eigenvalue weighted by Gasteiger charge is 2.20. The molecule has 21 heavy (non-hydrogen) atoms. The molecule has 2 heterocycles. The maximum Gasteiger partial charge on any atom is 0.111 e. The van der Waals surface area contributed by atoms with E-state index in [-0.39, 0.29) is 0 Å². The fraction of sp³-hybridized carbons (Fsp3) is 0.562. The van der Waals surface area contributed by atoms with Crippen molar-refractivity contribution in [2.75, 3.05) is 26.0 Å². The first-order chi connectivity index (χ1) is 10.2. The van der Waals surface area contributed by atoms with Gasteiger partial charge in [0, 0.05) is 30.4 Å². The predicted octanol–water partition coefficient (Wildman–Crippen LogP) is 3.81. The SMILES string of the molecule is CN1CCCC(Cn2c(CCCl)nc3ccc(Cl)cc32)C1. The lowest BCUT2D eigenvalue weighted by atomic mass is 9.98. The normalized spacial score (nSPS) is 20.2. The Balaban J connectivity index is 1.94. The number of fused-ring (bicyclic) bond motifs is 1. The van der Waals surface area contributed by atoms with Crippen molar-refractivity contribution < 1.29 is 0 Å². The Morgan fingerprint density at radius 2 is 2.24 bits per heavy atom. The Kier molecular flexibility index (Phi) is 4.72. The third-order valence-electron chi connectivity index (χ3n) is 4.27. The number of likely N-dealkylation sites (tertiary alicyclic amines) is 1. The zero-order chi connectivity index (χ0) is 14.8. The van der Waals surface area contributed by atoms with Crippen LogP contribution >= 0.6 is 23.2 Å². The van der Waals surface area contributed by atoms with E-state index in [2.05, 4.69) is 16.5 Å². The molecule has 0 spiro atoms. The number of piperidine rings is 1. The number of alkyl halides is 1. The monoisotopic (exact) mass is 325 g/mol. The molecule has 3 nitrogen and oxygen atoms in total. The Hall–Kier alpha value is -0.770. The number of aromatic nitrogens is 2. The van der Waals surface area contributed by atoms with E-state index in [1.54, 1.807) is 0 Å². The summed E-state index contributed by atoms with van der Waals surface area (Å²) in [7, 11) is 2.20. The minimum absolute atomic E-state index is 0.599. The summed E-state index contributed by atoms with van der Waals surface area (Å²) in [5.74, 6) is 2.35. The summed E-state index contributed by atoms with van der Waals surface area (Å²) in [6, 6.07) is 5.92. The number of imidazole rings is 1. The molecule has 0 radical (unpaired) electrons. The van der Waals surface area contributed by atoms with E-state index in [1.807, 2.05) is 18.2 Å². The Morgan fingerprint density at radius 3 is 3.00 bits per heavy atom. The van der Waals surface area contributed by atoms with Crippen molar-refractivity contribution >= 4 is 34.2 Å². The minimum Gasteiger partial charge on any atom is -0.328 e. The maximum absolute atomic E-state index is 6.17. The van der Waals surface area contributed by atoms with Crippen LogP contribution in [0.2, 0.25) is 5.02 Å². The second-order valence-corrected chi connectivity index (χ2v) is 6.80. The van der Waals surface area contributed by atoms with Gasteiger partial charge in [0.25, 0.3) is 0 Å². The molecule has 0 saturated carbocycles. The summed E-state index contributed by atoms with van der Waals surface area (Å²) in [5, 5.41) is 0.766. The zero-order valence-electron chi connectivity index (χ0n) is 12.4. The van der Waals surface area contributed by atoms with Gasteiger partial charge in [0.2, 0.25) is 0 Å². The van der Waals surface area contributed by atoms with Crippen molar-refractivity contribution in [1.29, 1.82) is 0 Å². The molecular formula is C16H21Cl2N3. The van der Waals surface area contributed by atoms with Crippen LogP contribution in [0.5, 0.6) is 0 Å². The Morgan fingerprint density at radius 1 is 1.38 bits per heavy atom. The van der Waals surface area contributed by atoms with Gasteiger partial charge < -0.3 is 9.47 Å². The van der Waals surface area contributed by atoms with Gasteiger partial charge in [-0.25, -0.2) is 4.98 Å². The fourth-order valence-corrected chi connectivity index (χ4v) is 3.64. The minimum atomic E-state index is 0.599. The molecule has 0 aliphatic carbocycles.